The molecule has 3 atom stereocenters. The van der Waals surface area contributed by atoms with Crippen molar-refractivity contribution in [3.8, 4) is 0 Å². The van der Waals surface area contributed by atoms with Gasteiger partial charge in [-0.15, -0.1) is 12.4 Å². The molecule has 0 saturated carbocycles. The molecule has 1 aromatic rings. The Morgan fingerprint density at radius 3 is 2.52 bits per heavy atom. The van der Waals surface area contributed by atoms with Crippen molar-refractivity contribution in [1.82, 2.24) is 16.0 Å². The first-order chi connectivity index (χ1) is 11.5. The normalized spacial score (nSPS) is 21.1. The molecule has 0 radical (unpaired) electrons. The van der Waals surface area contributed by atoms with Crippen molar-refractivity contribution in [1.29, 1.82) is 0 Å². The number of piperidine rings is 1. The maximum atomic E-state index is 12.6. The lowest BCUT2D eigenvalue weighted by atomic mass is 9.98. The van der Waals surface area contributed by atoms with Crippen molar-refractivity contribution in [2.45, 2.75) is 58.2 Å². The lowest BCUT2D eigenvalue weighted by Crippen LogP contribution is -2.54. The van der Waals surface area contributed by atoms with Crippen LogP contribution in [0.3, 0.4) is 0 Å². The Hall–Kier alpha value is -1.59. The third-order valence-electron chi connectivity index (χ3n) is 4.44. The molecular formula is C19H30ClN3O2. The summed E-state index contributed by atoms with van der Waals surface area (Å²) >= 11 is 0. The highest BCUT2D eigenvalue weighted by Crippen LogP contribution is 2.10. The van der Waals surface area contributed by atoms with Crippen LogP contribution in [0.5, 0.6) is 0 Å². The van der Waals surface area contributed by atoms with Crippen LogP contribution in [0.15, 0.2) is 30.3 Å². The number of carbonyl (C=O) groups is 2. The van der Waals surface area contributed by atoms with Gasteiger partial charge in [-0.1, -0.05) is 44.2 Å². The number of hydrogen-bond donors (Lipinski definition) is 3. The maximum Gasteiger partial charge on any atom is 0.243 e. The van der Waals surface area contributed by atoms with Gasteiger partial charge in [0.2, 0.25) is 11.8 Å². The van der Waals surface area contributed by atoms with Gasteiger partial charge < -0.3 is 16.0 Å². The van der Waals surface area contributed by atoms with Gasteiger partial charge in [0.05, 0.1) is 6.42 Å². The fourth-order valence-electron chi connectivity index (χ4n) is 3.09. The Labute approximate surface area is 156 Å². The van der Waals surface area contributed by atoms with Crippen molar-refractivity contribution < 1.29 is 9.59 Å². The van der Waals surface area contributed by atoms with Crippen molar-refractivity contribution in [2.24, 2.45) is 5.92 Å². The molecule has 3 unspecified atom stereocenters. The summed E-state index contributed by atoms with van der Waals surface area (Å²) in [6.07, 6.45) is 2.15. The van der Waals surface area contributed by atoms with Crippen LogP contribution in [0.1, 0.15) is 39.2 Å². The molecule has 0 aromatic heterocycles. The summed E-state index contributed by atoms with van der Waals surface area (Å²) in [6.45, 7) is 6.95. The van der Waals surface area contributed by atoms with E-state index in [0.717, 1.165) is 24.9 Å². The van der Waals surface area contributed by atoms with Gasteiger partial charge in [-0.2, -0.15) is 0 Å². The summed E-state index contributed by atoms with van der Waals surface area (Å²) in [6, 6.07) is 9.68. The highest BCUT2D eigenvalue weighted by atomic mass is 35.5. The summed E-state index contributed by atoms with van der Waals surface area (Å²) < 4.78 is 0. The van der Waals surface area contributed by atoms with E-state index < -0.39 is 6.04 Å². The second-order valence-electron chi connectivity index (χ2n) is 7.04. The summed E-state index contributed by atoms with van der Waals surface area (Å²) in [5, 5.41) is 9.38. The molecule has 1 aliphatic rings. The molecule has 25 heavy (non-hydrogen) atoms. The van der Waals surface area contributed by atoms with E-state index >= 15 is 0 Å². The molecule has 3 N–H and O–H groups in total. The van der Waals surface area contributed by atoms with Crippen LogP contribution in [0.25, 0.3) is 0 Å². The Balaban J connectivity index is 0.00000312. The first-order valence-corrected chi connectivity index (χ1v) is 8.82. The Morgan fingerprint density at radius 2 is 1.92 bits per heavy atom. The Morgan fingerprint density at radius 1 is 1.24 bits per heavy atom. The van der Waals surface area contributed by atoms with Gasteiger partial charge in [0.15, 0.2) is 0 Å². The van der Waals surface area contributed by atoms with Crippen LogP contribution < -0.4 is 16.0 Å². The second-order valence-corrected chi connectivity index (χ2v) is 7.04. The number of benzene rings is 1. The zero-order chi connectivity index (χ0) is 17.5. The summed E-state index contributed by atoms with van der Waals surface area (Å²) in [5.41, 5.74) is 0.949. The van der Waals surface area contributed by atoms with Gasteiger partial charge in [-0.25, -0.2) is 0 Å². The van der Waals surface area contributed by atoms with E-state index in [1.54, 1.807) is 0 Å². The highest BCUT2D eigenvalue weighted by molar-refractivity contribution is 5.88. The van der Waals surface area contributed by atoms with Gasteiger partial charge in [-0.05, 0) is 37.8 Å². The predicted molar refractivity (Wildman–Crippen MR) is 103 cm³/mol. The quantitative estimate of drug-likeness (QED) is 0.720. The minimum Gasteiger partial charge on any atom is -0.351 e. The molecular weight excluding hydrogens is 338 g/mol. The molecule has 0 spiro atoms. The number of halogens is 1. The first kappa shape index (κ1) is 21.5. The summed E-state index contributed by atoms with van der Waals surface area (Å²) in [5.74, 6) is -0.150. The van der Waals surface area contributed by atoms with Gasteiger partial charge in [0.1, 0.15) is 6.04 Å². The van der Waals surface area contributed by atoms with Crippen LogP contribution in [0.2, 0.25) is 0 Å². The average Bonchev–Trinajstić information content (AvgIpc) is 2.53. The molecule has 1 saturated heterocycles. The molecule has 1 heterocycles. The van der Waals surface area contributed by atoms with Gasteiger partial charge >= 0.3 is 0 Å². The fourth-order valence-corrected chi connectivity index (χ4v) is 3.09. The first-order valence-electron chi connectivity index (χ1n) is 8.82. The fraction of sp³-hybridized carbons (Fsp3) is 0.579. The number of rotatable bonds is 6. The van der Waals surface area contributed by atoms with E-state index in [1.807, 2.05) is 44.2 Å². The number of nitrogens with one attached hydrogen (secondary N) is 3. The van der Waals surface area contributed by atoms with Crippen molar-refractivity contribution in [3.63, 3.8) is 0 Å². The van der Waals surface area contributed by atoms with Crippen molar-refractivity contribution >= 4 is 24.2 Å². The van der Waals surface area contributed by atoms with E-state index in [4.69, 9.17) is 0 Å². The van der Waals surface area contributed by atoms with E-state index in [-0.39, 0.29) is 36.2 Å². The lowest BCUT2D eigenvalue weighted by Gasteiger charge is -2.31. The third-order valence-corrected chi connectivity index (χ3v) is 4.44. The highest BCUT2D eigenvalue weighted by Gasteiger charge is 2.27. The summed E-state index contributed by atoms with van der Waals surface area (Å²) in [7, 11) is 0. The molecule has 5 nitrogen and oxygen atoms in total. The number of amides is 2. The van der Waals surface area contributed by atoms with E-state index in [9.17, 15) is 9.59 Å². The minimum atomic E-state index is -0.494. The van der Waals surface area contributed by atoms with Crippen molar-refractivity contribution in [3.05, 3.63) is 35.9 Å². The van der Waals surface area contributed by atoms with Crippen LogP contribution in [0, 0.1) is 5.92 Å². The lowest BCUT2D eigenvalue weighted by molar-refractivity contribution is -0.130. The Kier molecular flexibility index (Phi) is 8.93. The maximum absolute atomic E-state index is 12.6. The predicted octanol–water partition coefficient (Wildman–Crippen LogP) is 2.05. The van der Waals surface area contributed by atoms with Gasteiger partial charge in [-0.3, -0.25) is 9.59 Å². The molecule has 1 fully saturated rings. The topological polar surface area (TPSA) is 70.2 Å². The average molecular weight is 368 g/mol. The zero-order valence-corrected chi connectivity index (χ0v) is 16.1. The minimum absolute atomic E-state index is 0. The molecule has 1 aromatic carbocycles. The van der Waals surface area contributed by atoms with E-state index in [0.29, 0.717) is 12.5 Å². The monoisotopic (exact) mass is 367 g/mol. The summed E-state index contributed by atoms with van der Waals surface area (Å²) in [4.78, 5) is 24.9. The molecule has 1 aliphatic heterocycles. The van der Waals surface area contributed by atoms with Gasteiger partial charge in [0, 0.05) is 12.1 Å². The second kappa shape index (κ2) is 10.4. The van der Waals surface area contributed by atoms with Crippen LogP contribution in [-0.2, 0) is 16.0 Å². The Bertz CT molecular complexity index is 551. The SMILES string of the molecule is CC1CC(NC(=O)C(NC(=O)Cc2ccccc2)C(C)C)CCN1.Cl. The largest absolute Gasteiger partial charge is 0.351 e. The van der Waals surface area contributed by atoms with Crippen LogP contribution in [-0.4, -0.2) is 36.5 Å². The number of carbonyl (C=O) groups excluding carboxylic acids is 2. The van der Waals surface area contributed by atoms with E-state index in [2.05, 4.69) is 22.9 Å². The molecule has 2 rings (SSSR count). The van der Waals surface area contributed by atoms with Crippen molar-refractivity contribution in [2.75, 3.05) is 6.54 Å². The van der Waals surface area contributed by atoms with Crippen LogP contribution in [0.4, 0.5) is 0 Å². The van der Waals surface area contributed by atoms with E-state index in [1.165, 1.54) is 0 Å². The molecule has 2 amide bonds. The molecule has 0 bridgehead atoms. The van der Waals surface area contributed by atoms with Crippen LogP contribution >= 0.6 is 12.4 Å². The molecule has 0 aliphatic carbocycles. The standard InChI is InChI=1S/C19H29N3O2.ClH/c1-13(2)18(19(24)21-16-9-10-20-14(3)11-16)22-17(23)12-15-7-5-4-6-8-15;/h4-8,13-14,16,18,20H,9-12H2,1-3H3,(H,21,24)(H,22,23);1H. The molecule has 140 valence electrons. The number of hydrogen-bond acceptors (Lipinski definition) is 3. The van der Waals surface area contributed by atoms with Gasteiger partial charge in [0.25, 0.3) is 0 Å². The third kappa shape index (κ3) is 7.04. The zero-order valence-electron chi connectivity index (χ0n) is 15.2. The smallest absolute Gasteiger partial charge is 0.243 e. The molecule has 6 heteroatoms.